The number of halogens is 2. The van der Waals surface area contributed by atoms with Gasteiger partial charge in [-0.15, -0.1) is 0 Å². The van der Waals surface area contributed by atoms with Crippen LogP contribution in [-0.2, 0) is 10.0 Å². The summed E-state index contributed by atoms with van der Waals surface area (Å²) >= 11 is 0. The van der Waals surface area contributed by atoms with Crippen molar-refractivity contribution < 1.29 is 26.7 Å². The predicted octanol–water partition coefficient (Wildman–Crippen LogP) is 2.02. The maximum Gasteiger partial charge on any atom is 0.387 e. The fourth-order valence-electron chi connectivity index (χ4n) is 3.47. The number of ether oxygens (including phenoxy) is 1. The molecule has 0 atom stereocenters. The highest BCUT2D eigenvalue weighted by Crippen LogP contribution is 2.31. The average Bonchev–Trinajstić information content (AvgIpc) is 3.24. The largest absolute Gasteiger partial charge is 0.435 e. The van der Waals surface area contributed by atoms with Crippen LogP contribution in [0.1, 0.15) is 12.8 Å². The number of hydrogen-bond acceptors (Lipinski definition) is 4. The second-order valence-corrected chi connectivity index (χ2v) is 9.25. The molecule has 1 saturated carbocycles. The summed E-state index contributed by atoms with van der Waals surface area (Å²) < 4.78 is 55.7. The Morgan fingerprint density at radius 1 is 1.11 bits per heavy atom. The van der Waals surface area contributed by atoms with Crippen LogP contribution in [0.4, 0.5) is 13.6 Å². The topological polar surface area (TPSA) is 79.0 Å². The van der Waals surface area contributed by atoms with Crippen LogP contribution in [0.15, 0.2) is 40.3 Å². The maximum absolute atomic E-state index is 12.8. The van der Waals surface area contributed by atoms with Crippen molar-refractivity contribution in [3.05, 3.63) is 35.4 Å². The van der Waals surface area contributed by atoms with E-state index in [1.807, 2.05) is 0 Å². The molecule has 28 heavy (non-hydrogen) atoms. The highest BCUT2D eigenvalue weighted by Gasteiger charge is 2.37. The van der Waals surface area contributed by atoms with Gasteiger partial charge in [0, 0.05) is 32.7 Å². The summed E-state index contributed by atoms with van der Waals surface area (Å²) in [5, 5.41) is 2.93. The molecule has 2 aliphatic heterocycles. The Morgan fingerprint density at radius 2 is 1.71 bits per heavy atom. The van der Waals surface area contributed by atoms with Crippen molar-refractivity contribution in [3.63, 3.8) is 0 Å². The number of urea groups is 1. The van der Waals surface area contributed by atoms with E-state index in [0.29, 0.717) is 25.6 Å². The van der Waals surface area contributed by atoms with Crippen molar-refractivity contribution in [2.24, 2.45) is 5.92 Å². The summed E-state index contributed by atoms with van der Waals surface area (Å²) in [5.74, 6) is 0.508. The van der Waals surface area contributed by atoms with Gasteiger partial charge < -0.3 is 15.0 Å². The molecule has 1 N–H and O–H groups in total. The number of nitrogens with zero attached hydrogens (tertiary/aromatic N) is 2. The molecule has 2 amide bonds. The van der Waals surface area contributed by atoms with Crippen LogP contribution < -0.4 is 10.1 Å². The van der Waals surface area contributed by atoms with Crippen LogP contribution in [-0.4, -0.2) is 63.0 Å². The zero-order valence-electron chi connectivity index (χ0n) is 15.1. The number of sulfonamides is 1. The minimum absolute atomic E-state index is 0.0225. The maximum atomic E-state index is 12.8. The molecule has 10 heteroatoms. The van der Waals surface area contributed by atoms with Gasteiger partial charge in [-0.25, -0.2) is 13.2 Å². The number of nitrogens with one attached hydrogen (secondary N) is 1. The third-order valence-electron chi connectivity index (χ3n) is 5.21. The highest BCUT2D eigenvalue weighted by atomic mass is 32.2. The molecular weight excluding hydrogens is 392 g/mol. The van der Waals surface area contributed by atoms with Crippen molar-refractivity contribution in [3.8, 4) is 5.75 Å². The van der Waals surface area contributed by atoms with Gasteiger partial charge in [0.15, 0.2) is 0 Å². The van der Waals surface area contributed by atoms with Gasteiger partial charge in [-0.05, 0) is 54.2 Å². The van der Waals surface area contributed by atoms with Crippen LogP contribution >= 0.6 is 0 Å². The van der Waals surface area contributed by atoms with Crippen LogP contribution in [0.2, 0.25) is 0 Å². The molecule has 4 rings (SSSR count). The van der Waals surface area contributed by atoms with E-state index in [9.17, 15) is 22.0 Å². The van der Waals surface area contributed by atoms with E-state index in [1.54, 1.807) is 4.90 Å². The highest BCUT2D eigenvalue weighted by molar-refractivity contribution is 7.89. The Balaban J connectivity index is 1.35. The van der Waals surface area contributed by atoms with Gasteiger partial charge in [-0.3, -0.25) is 0 Å². The molecule has 1 fully saturated rings. The Labute approximate surface area is 162 Å². The Kier molecular flexibility index (Phi) is 5.00. The van der Waals surface area contributed by atoms with E-state index in [-0.39, 0.29) is 29.8 Å². The van der Waals surface area contributed by atoms with Crippen molar-refractivity contribution in [2.45, 2.75) is 24.3 Å². The van der Waals surface area contributed by atoms with Gasteiger partial charge in [0.2, 0.25) is 10.0 Å². The lowest BCUT2D eigenvalue weighted by Gasteiger charge is -2.23. The summed E-state index contributed by atoms with van der Waals surface area (Å²) in [6.45, 7) is -0.930. The minimum Gasteiger partial charge on any atom is -0.435 e. The average molecular weight is 413 g/mol. The third kappa shape index (κ3) is 3.97. The Bertz CT molecular complexity index is 880. The number of rotatable bonds is 6. The molecule has 1 aromatic rings. The molecule has 3 aliphatic rings. The van der Waals surface area contributed by atoms with Gasteiger partial charge in [-0.2, -0.15) is 13.1 Å². The first-order valence-electron chi connectivity index (χ1n) is 9.10. The number of benzene rings is 1. The van der Waals surface area contributed by atoms with E-state index < -0.39 is 16.6 Å². The number of alkyl halides is 2. The van der Waals surface area contributed by atoms with E-state index in [0.717, 1.165) is 24.0 Å². The van der Waals surface area contributed by atoms with Crippen molar-refractivity contribution in [2.75, 3.05) is 32.7 Å². The van der Waals surface area contributed by atoms with Crippen molar-refractivity contribution >= 4 is 16.1 Å². The summed E-state index contributed by atoms with van der Waals surface area (Å²) in [4.78, 5) is 13.9. The molecular formula is C18H21F2N3O4S. The SMILES string of the molecule is O=C(NCC1CC1)N1CC2=C(C1)CN(S(=O)(=O)c1ccc(OC(F)F)cc1)C2. The van der Waals surface area contributed by atoms with E-state index in [1.165, 1.54) is 28.6 Å². The molecule has 0 unspecified atom stereocenters. The van der Waals surface area contributed by atoms with Gasteiger partial charge in [0.05, 0.1) is 4.90 Å². The zero-order valence-corrected chi connectivity index (χ0v) is 15.9. The molecule has 152 valence electrons. The van der Waals surface area contributed by atoms with Crippen molar-refractivity contribution in [1.82, 2.24) is 14.5 Å². The Morgan fingerprint density at radius 3 is 2.25 bits per heavy atom. The second kappa shape index (κ2) is 7.32. The Hall–Kier alpha value is -2.20. The molecule has 1 aliphatic carbocycles. The third-order valence-corrected chi connectivity index (χ3v) is 7.02. The van der Waals surface area contributed by atoms with Gasteiger partial charge in [-0.1, -0.05) is 0 Å². The number of amides is 2. The van der Waals surface area contributed by atoms with Crippen molar-refractivity contribution in [1.29, 1.82) is 0 Å². The summed E-state index contributed by atoms with van der Waals surface area (Å²) in [7, 11) is -3.75. The monoisotopic (exact) mass is 413 g/mol. The number of hydrogen-bond donors (Lipinski definition) is 1. The normalized spacial score (nSPS) is 20.0. The molecule has 0 saturated heterocycles. The van der Waals surface area contributed by atoms with Crippen LogP contribution in [0, 0.1) is 5.92 Å². The summed E-state index contributed by atoms with van der Waals surface area (Å²) in [5.41, 5.74) is 1.89. The van der Waals surface area contributed by atoms with Crippen LogP contribution in [0.3, 0.4) is 0 Å². The fourth-order valence-corrected chi connectivity index (χ4v) is 4.90. The lowest BCUT2D eigenvalue weighted by atomic mass is 10.2. The fraction of sp³-hybridized carbons (Fsp3) is 0.500. The molecule has 7 nitrogen and oxygen atoms in total. The number of carbonyl (C=O) groups is 1. The molecule has 0 spiro atoms. The molecule has 2 heterocycles. The molecule has 0 radical (unpaired) electrons. The molecule has 0 aromatic heterocycles. The first-order chi connectivity index (χ1) is 13.3. The first-order valence-corrected chi connectivity index (χ1v) is 10.5. The number of carbonyl (C=O) groups excluding carboxylic acids is 1. The van der Waals surface area contributed by atoms with Crippen LogP contribution in [0.5, 0.6) is 5.75 Å². The first kappa shape index (κ1) is 19.1. The smallest absolute Gasteiger partial charge is 0.387 e. The van der Waals surface area contributed by atoms with Crippen LogP contribution in [0.25, 0.3) is 0 Å². The summed E-state index contributed by atoms with van der Waals surface area (Å²) in [6, 6.07) is 4.83. The van der Waals surface area contributed by atoms with E-state index >= 15 is 0 Å². The summed E-state index contributed by atoms with van der Waals surface area (Å²) in [6.07, 6.45) is 2.33. The van der Waals surface area contributed by atoms with E-state index in [2.05, 4.69) is 10.1 Å². The molecule has 1 aromatic carbocycles. The lowest BCUT2D eigenvalue weighted by Crippen LogP contribution is -2.42. The quantitative estimate of drug-likeness (QED) is 0.724. The van der Waals surface area contributed by atoms with Gasteiger partial charge in [0.25, 0.3) is 0 Å². The minimum atomic E-state index is -3.75. The predicted molar refractivity (Wildman–Crippen MR) is 96.6 cm³/mol. The van der Waals surface area contributed by atoms with Gasteiger partial charge in [0.1, 0.15) is 5.75 Å². The zero-order chi connectivity index (χ0) is 19.9. The standard InChI is InChI=1S/C18H21F2N3O4S/c19-17(20)27-15-3-5-16(6-4-15)28(25,26)23-10-13-8-22(9-14(13)11-23)18(24)21-7-12-1-2-12/h3-6,12,17H,1-2,7-11H2,(H,21,24). The van der Waals surface area contributed by atoms with Gasteiger partial charge >= 0.3 is 12.6 Å². The lowest BCUT2D eigenvalue weighted by molar-refractivity contribution is -0.0498. The van der Waals surface area contributed by atoms with E-state index in [4.69, 9.17) is 0 Å². The second-order valence-electron chi connectivity index (χ2n) is 7.32. The molecule has 0 bridgehead atoms.